The summed E-state index contributed by atoms with van der Waals surface area (Å²) in [6, 6.07) is 5.08. The number of anilines is 1. The summed E-state index contributed by atoms with van der Waals surface area (Å²) in [5, 5.41) is 13.5. The van der Waals surface area contributed by atoms with Crippen molar-refractivity contribution in [2.45, 2.75) is 19.4 Å². The van der Waals surface area contributed by atoms with Crippen molar-refractivity contribution >= 4 is 23.6 Å². The van der Waals surface area contributed by atoms with Crippen molar-refractivity contribution in [3.05, 3.63) is 29.8 Å². The van der Waals surface area contributed by atoms with Gasteiger partial charge in [0.15, 0.2) is 0 Å². The Labute approximate surface area is 109 Å². The summed E-state index contributed by atoms with van der Waals surface area (Å²) < 4.78 is 0. The number of primary amides is 1. The lowest BCUT2D eigenvalue weighted by atomic mass is 10.2. The van der Waals surface area contributed by atoms with Gasteiger partial charge in [-0.25, -0.2) is 4.79 Å². The molecule has 102 valence electrons. The highest BCUT2D eigenvalue weighted by Gasteiger charge is 2.11. The van der Waals surface area contributed by atoms with Crippen molar-refractivity contribution in [2.24, 2.45) is 5.73 Å². The summed E-state index contributed by atoms with van der Waals surface area (Å²) in [4.78, 5) is 33.0. The zero-order valence-corrected chi connectivity index (χ0v) is 10.3. The number of aliphatic carboxylic acids is 1. The molecule has 7 heteroatoms. The Bertz CT molecular complexity index is 502. The molecule has 1 aromatic rings. The number of carboxylic acid groups (broad SMARTS) is 1. The lowest BCUT2D eigenvalue weighted by molar-refractivity contribution is -0.137. The smallest absolute Gasteiger partial charge is 0.319 e. The van der Waals surface area contributed by atoms with Crippen molar-refractivity contribution in [3.8, 4) is 0 Å². The number of nitrogens with two attached hydrogens (primary N) is 1. The Morgan fingerprint density at radius 3 is 2.63 bits per heavy atom. The van der Waals surface area contributed by atoms with Gasteiger partial charge in [-0.05, 0) is 25.1 Å². The molecule has 1 unspecified atom stereocenters. The van der Waals surface area contributed by atoms with Crippen LogP contribution >= 0.6 is 0 Å². The number of hydrogen-bond acceptors (Lipinski definition) is 3. The molecule has 1 rings (SSSR count). The van der Waals surface area contributed by atoms with Crippen LogP contribution in [0.3, 0.4) is 0 Å². The lowest BCUT2D eigenvalue weighted by Gasteiger charge is -2.12. The summed E-state index contributed by atoms with van der Waals surface area (Å²) in [5.74, 6) is -1.59. The monoisotopic (exact) mass is 265 g/mol. The quantitative estimate of drug-likeness (QED) is 0.628. The van der Waals surface area contributed by atoms with E-state index in [9.17, 15) is 14.4 Å². The second-order valence-electron chi connectivity index (χ2n) is 4.04. The number of amides is 3. The second-order valence-corrected chi connectivity index (χ2v) is 4.04. The summed E-state index contributed by atoms with van der Waals surface area (Å²) in [5.41, 5.74) is 5.79. The van der Waals surface area contributed by atoms with Gasteiger partial charge >= 0.3 is 12.0 Å². The molecule has 0 aromatic heterocycles. The Hall–Kier alpha value is -2.57. The number of carboxylic acids is 1. The zero-order valence-electron chi connectivity index (χ0n) is 10.3. The molecule has 0 heterocycles. The summed E-state index contributed by atoms with van der Waals surface area (Å²) in [7, 11) is 0. The maximum atomic E-state index is 11.6. The molecule has 7 nitrogen and oxygen atoms in total. The fourth-order valence-corrected chi connectivity index (χ4v) is 1.45. The molecule has 0 aliphatic rings. The van der Waals surface area contributed by atoms with Crippen LogP contribution in [-0.4, -0.2) is 29.1 Å². The average Bonchev–Trinajstić information content (AvgIpc) is 2.27. The van der Waals surface area contributed by atoms with E-state index in [1.165, 1.54) is 12.1 Å². The van der Waals surface area contributed by atoms with Gasteiger partial charge in [0.1, 0.15) is 0 Å². The Balaban J connectivity index is 2.59. The van der Waals surface area contributed by atoms with Crippen LogP contribution in [0.15, 0.2) is 24.3 Å². The first kappa shape index (κ1) is 14.5. The largest absolute Gasteiger partial charge is 0.481 e. The molecule has 3 amide bonds. The molecule has 0 saturated carbocycles. The predicted octanol–water partition coefficient (Wildman–Crippen LogP) is 0.770. The molecule has 0 spiro atoms. The second kappa shape index (κ2) is 6.39. The molecule has 0 saturated heterocycles. The van der Waals surface area contributed by atoms with Gasteiger partial charge < -0.3 is 21.5 Å². The molecule has 1 aromatic carbocycles. The number of carbonyl (C=O) groups is 3. The van der Waals surface area contributed by atoms with Gasteiger partial charge in [0.05, 0.1) is 6.42 Å². The van der Waals surface area contributed by atoms with Gasteiger partial charge in [0.25, 0.3) is 0 Å². The van der Waals surface area contributed by atoms with Crippen LogP contribution in [0.5, 0.6) is 0 Å². The van der Waals surface area contributed by atoms with Gasteiger partial charge in [0.2, 0.25) is 5.91 Å². The van der Waals surface area contributed by atoms with Crippen LogP contribution in [0.4, 0.5) is 10.5 Å². The van der Waals surface area contributed by atoms with E-state index in [0.29, 0.717) is 5.69 Å². The van der Waals surface area contributed by atoms with E-state index in [4.69, 9.17) is 10.8 Å². The molecule has 0 bridgehead atoms. The van der Waals surface area contributed by atoms with E-state index in [2.05, 4.69) is 10.6 Å². The van der Waals surface area contributed by atoms with Crippen LogP contribution in [0, 0.1) is 0 Å². The molecule has 0 radical (unpaired) electrons. The number of urea groups is 1. The van der Waals surface area contributed by atoms with Crippen LogP contribution < -0.4 is 16.4 Å². The van der Waals surface area contributed by atoms with E-state index >= 15 is 0 Å². The normalized spacial score (nSPS) is 11.4. The van der Waals surface area contributed by atoms with Crippen molar-refractivity contribution in [1.82, 2.24) is 5.32 Å². The molecule has 19 heavy (non-hydrogen) atoms. The summed E-state index contributed by atoms with van der Waals surface area (Å²) in [6.07, 6.45) is -0.172. The molecule has 0 fully saturated rings. The van der Waals surface area contributed by atoms with Gasteiger partial charge in [-0.2, -0.15) is 0 Å². The van der Waals surface area contributed by atoms with E-state index in [0.717, 1.165) is 0 Å². The third-order valence-corrected chi connectivity index (χ3v) is 2.26. The lowest BCUT2D eigenvalue weighted by Crippen LogP contribution is -2.37. The highest BCUT2D eigenvalue weighted by atomic mass is 16.4. The van der Waals surface area contributed by atoms with Crippen molar-refractivity contribution in [2.75, 3.05) is 5.32 Å². The average molecular weight is 265 g/mol. The number of benzene rings is 1. The minimum Gasteiger partial charge on any atom is -0.481 e. The first-order chi connectivity index (χ1) is 8.88. The van der Waals surface area contributed by atoms with Gasteiger partial charge in [0, 0.05) is 17.3 Å². The summed E-state index contributed by atoms with van der Waals surface area (Å²) >= 11 is 0. The molecular weight excluding hydrogens is 250 g/mol. The SMILES string of the molecule is CC(CC(=O)O)NC(=O)Nc1cccc(C(N)=O)c1. The predicted molar refractivity (Wildman–Crippen MR) is 68.8 cm³/mol. The van der Waals surface area contributed by atoms with Gasteiger partial charge in [-0.15, -0.1) is 0 Å². The Kier molecular flexibility index (Phi) is 4.87. The fourth-order valence-electron chi connectivity index (χ4n) is 1.45. The summed E-state index contributed by atoms with van der Waals surface area (Å²) in [6.45, 7) is 1.58. The topological polar surface area (TPSA) is 122 Å². The van der Waals surface area contributed by atoms with Crippen molar-refractivity contribution in [1.29, 1.82) is 0 Å². The zero-order chi connectivity index (χ0) is 14.4. The van der Waals surface area contributed by atoms with Crippen LogP contribution in [0.1, 0.15) is 23.7 Å². The highest BCUT2D eigenvalue weighted by molar-refractivity contribution is 5.95. The Morgan fingerprint density at radius 1 is 1.37 bits per heavy atom. The third kappa shape index (κ3) is 5.07. The van der Waals surface area contributed by atoms with Gasteiger partial charge in [-0.1, -0.05) is 6.07 Å². The maximum Gasteiger partial charge on any atom is 0.319 e. The first-order valence-electron chi connectivity index (χ1n) is 5.57. The maximum absolute atomic E-state index is 11.6. The van der Waals surface area contributed by atoms with Crippen molar-refractivity contribution in [3.63, 3.8) is 0 Å². The van der Waals surface area contributed by atoms with Crippen LogP contribution in [0.25, 0.3) is 0 Å². The fraction of sp³-hybridized carbons (Fsp3) is 0.250. The van der Waals surface area contributed by atoms with E-state index in [-0.39, 0.29) is 12.0 Å². The number of hydrogen-bond donors (Lipinski definition) is 4. The van der Waals surface area contributed by atoms with E-state index in [1.54, 1.807) is 19.1 Å². The third-order valence-electron chi connectivity index (χ3n) is 2.26. The first-order valence-corrected chi connectivity index (χ1v) is 5.57. The number of carbonyl (C=O) groups excluding carboxylic acids is 2. The highest BCUT2D eigenvalue weighted by Crippen LogP contribution is 2.10. The van der Waals surface area contributed by atoms with Crippen LogP contribution in [0.2, 0.25) is 0 Å². The molecule has 1 atom stereocenters. The minimum atomic E-state index is -0.997. The number of rotatable bonds is 5. The standard InChI is InChI=1S/C12H15N3O4/c1-7(5-10(16)17)14-12(19)15-9-4-2-3-8(6-9)11(13)18/h2-4,6-7H,5H2,1H3,(H2,13,18)(H,16,17)(H2,14,15,19). The molecule has 0 aliphatic carbocycles. The van der Waals surface area contributed by atoms with Gasteiger partial charge in [-0.3, -0.25) is 9.59 Å². The number of nitrogens with one attached hydrogen (secondary N) is 2. The molecular formula is C12H15N3O4. The van der Waals surface area contributed by atoms with E-state index < -0.39 is 23.9 Å². The van der Waals surface area contributed by atoms with E-state index in [1.807, 2.05) is 0 Å². The molecule has 5 N–H and O–H groups in total. The van der Waals surface area contributed by atoms with Crippen LogP contribution in [-0.2, 0) is 4.79 Å². The minimum absolute atomic E-state index is 0.172. The molecule has 0 aliphatic heterocycles. The van der Waals surface area contributed by atoms with Crippen molar-refractivity contribution < 1.29 is 19.5 Å². The Morgan fingerprint density at radius 2 is 2.05 bits per heavy atom.